The van der Waals surface area contributed by atoms with Gasteiger partial charge in [0, 0.05) is 12.6 Å². The number of methoxy groups -OCH3 is 2. The summed E-state index contributed by atoms with van der Waals surface area (Å²) in [5.74, 6) is -0.100. The number of carbonyl (C=O) groups is 1. The molecule has 0 aliphatic heterocycles. The summed E-state index contributed by atoms with van der Waals surface area (Å²) in [7, 11) is -1.17. The molecule has 0 atom stereocenters. The van der Waals surface area contributed by atoms with E-state index in [1.807, 2.05) is 0 Å². The molecule has 0 saturated carbocycles. The van der Waals surface area contributed by atoms with Gasteiger partial charge in [0.1, 0.15) is 23.9 Å². The average molecular weight is 473 g/mol. The topological polar surface area (TPSA) is 84.9 Å². The summed E-state index contributed by atoms with van der Waals surface area (Å²) < 4.78 is 51.5. The Morgan fingerprint density at radius 2 is 1.67 bits per heavy atom. The molecule has 9 heteroatoms. The lowest BCUT2D eigenvalue weighted by molar-refractivity contribution is -0.119. The van der Waals surface area contributed by atoms with Crippen LogP contribution in [0.3, 0.4) is 0 Å². The molecule has 0 bridgehead atoms. The number of ether oxygens (including phenoxy) is 2. The Morgan fingerprint density at radius 3 is 2.30 bits per heavy atom. The molecule has 0 fully saturated rings. The maximum atomic E-state index is 13.4. The van der Waals surface area contributed by atoms with Crippen LogP contribution in [-0.4, -0.2) is 41.6 Å². The van der Waals surface area contributed by atoms with Gasteiger partial charge in [-0.3, -0.25) is 9.10 Å². The van der Waals surface area contributed by atoms with Gasteiger partial charge in [0.15, 0.2) is 0 Å². The Bertz CT molecular complexity index is 1190. The van der Waals surface area contributed by atoms with E-state index in [0.29, 0.717) is 12.2 Å². The first-order valence-electron chi connectivity index (χ1n) is 10.2. The van der Waals surface area contributed by atoms with Gasteiger partial charge in [0.2, 0.25) is 5.91 Å². The molecule has 33 heavy (non-hydrogen) atoms. The molecule has 0 aliphatic rings. The minimum Gasteiger partial charge on any atom is -0.497 e. The minimum atomic E-state index is -4.07. The van der Waals surface area contributed by atoms with Crippen LogP contribution in [0.5, 0.6) is 11.5 Å². The van der Waals surface area contributed by atoms with Crippen LogP contribution < -0.4 is 19.1 Å². The number of hydrogen-bond donors (Lipinski definition) is 1. The smallest absolute Gasteiger partial charge is 0.264 e. The molecule has 1 amide bonds. The highest BCUT2D eigenvalue weighted by Crippen LogP contribution is 2.35. The molecule has 0 spiro atoms. The highest BCUT2D eigenvalue weighted by molar-refractivity contribution is 7.92. The van der Waals surface area contributed by atoms with E-state index in [-0.39, 0.29) is 28.7 Å². The van der Waals surface area contributed by atoms with E-state index in [1.54, 1.807) is 42.5 Å². The third-order valence-corrected chi connectivity index (χ3v) is 6.70. The SMILES string of the molecule is COc1ccc(N(CC(=O)NCCc2ccc(F)cc2)S(=O)(=O)c2ccccc2)c(OC)c1. The quantitative estimate of drug-likeness (QED) is 0.489. The molecule has 0 aromatic heterocycles. The second-order valence-electron chi connectivity index (χ2n) is 7.09. The van der Waals surface area contributed by atoms with E-state index in [9.17, 15) is 17.6 Å². The summed E-state index contributed by atoms with van der Waals surface area (Å²) in [6.45, 7) is -0.188. The first kappa shape index (κ1) is 24.1. The van der Waals surface area contributed by atoms with Crippen LogP contribution in [0.2, 0.25) is 0 Å². The lowest BCUT2D eigenvalue weighted by Crippen LogP contribution is -2.41. The van der Waals surface area contributed by atoms with E-state index < -0.39 is 22.5 Å². The van der Waals surface area contributed by atoms with E-state index in [2.05, 4.69) is 5.32 Å². The number of benzene rings is 3. The van der Waals surface area contributed by atoms with E-state index in [0.717, 1.165) is 9.87 Å². The molecule has 3 aromatic rings. The van der Waals surface area contributed by atoms with Crippen LogP contribution in [0.4, 0.5) is 10.1 Å². The summed E-state index contributed by atoms with van der Waals surface area (Å²) in [6.07, 6.45) is 0.476. The summed E-state index contributed by atoms with van der Waals surface area (Å²) in [5, 5.41) is 2.73. The van der Waals surface area contributed by atoms with Gasteiger partial charge in [-0.05, 0) is 48.4 Å². The number of nitrogens with zero attached hydrogens (tertiary/aromatic N) is 1. The zero-order valence-electron chi connectivity index (χ0n) is 18.3. The molecule has 174 valence electrons. The normalized spacial score (nSPS) is 11.0. The Morgan fingerprint density at radius 1 is 0.970 bits per heavy atom. The first-order valence-corrected chi connectivity index (χ1v) is 11.6. The largest absolute Gasteiger partial charge is 0.497 e. The second kappa shape index (κ2) is 10.8. The third-order valence-electron chi connectivity index (χ3n) is 4.92. The van der Waals surface area contributed by atoms with Crippen LogP contribution >= 0.6 is 0 Å². The predicted molar refractivity (Wildman–Crippen MR) is 124 cm³/mol. The summed E-state index contributed by atoms with van der Waals surface area (Å²) in [6, 6.07) is 18.5. The Kier molecular flexibility index (Phi) is 7.89. The number of hydrogen-bond acceptors (Lipinski definition) is 5. The fourth-order valence-electron chi connectivity index (χ4n) is 3.19. The van der Waals surface area contributed by atoms with Gasteiger partial charge < -0.3 is 14.8 Å². The minimum absolute atomic E-state index is 0.0435. The molecule has 3 rings (SSSR count). The second-order valence-corrected chi connectivity index (χ2v) is 8.95. The van der Waals surface area contributed by atoms with E-state index >= 15 is 0 Å². The molecule has 0 unspecified atom stereocenters. The van der Waals surface area contributed by atoms with Crippen molar-refractivity contribution in [3.8, 4) is 11.5 Å². The van der Waals surface area contributed by atoms with Crippen LogP contribution in [0.15, 0.2) is 77.7 Å². The molecular weight excluding hydrogens is 447 g/mol. The summed E-state index contributed by atoms with van der Waals surface area (Å²) in [5.41, 5.74) is 1.05. The van der Waals surface area contributed by atoms with Crippen molar-refractivity contribution >= 4 is 21.6 Å². The van der Waals surface area contributed by atoms with Gasteiger partial charge in [-0.2, -0.15) is 0 Å². The van der Waals surface area contributed by atoms with Crippen LogP contribution in [0.25, 0.3) is 0 Å². The first-order chi connectivity index (χ1) is 15.8. The van der Waals surface area contributed by atoms with E-state index in [4.69, 9.17) is 9.47 Å². The number of nitrogens with one attached hydrogen (secondary N) is 1. The van der Waals surface area contributed by atoms with Crippen LogP contribution in [0, 0.1) is 5.82 Å². The molecule has 0 saturated heterocycles. The fourth-order valence-corrected chi connectivity index (χ4v) is 4.65. The molecule has 0 heterocycles. The molecule has 7 nitrogen and oxygen atoms in total. The highest BCUT2D eigenvalue weighted by Gasteiger charge is 2.29. The van der Waals surface area contributed by atoms with Crippen molar-refractivity contribution in [2.24, 2.45) is 0 Å². The van der Waals surface area contributed by atoms with Crippen molar-refractivity contribution in [3.05, 3.63) is 84.2 Å². The lowest BCUT2D eigenvalue weighted by Gasteiger charge is -2.26. The Labute approximate surface area is 192 Å². The van der Waals surface area contributed by atoms with Crippen LogP contribution in [0.1, 0.15) is 5.56 Å². The zero-order chi connectivity index (χ0) is 23.8. The van der Waals surface area contributed by atoms with Gasteiger partial charge in [-0.25, -0.2) is 12.8 Å². The predicted octanol–water partition coefficient (Wildman–Crippen LogP) is 3.40. The Balaban J connectivity index is 1.84. The number of carbonyl (C=O) groups excluding carboxylic acids is 1. The zero-order valence-corrected chi connectivity index (χ0v) is 19.1. The number of rotatable bonds is 10. The standard InChI is InChI=1S/C24H25FN2O5S/c1-31-20-12-13-22(23(16-20)32-2)27(33(29,30)21-6-4-3-5-7-21)17-24(28)26-15-14-18-8-10-19(25)11-9-18/h3-13,16H,14-15,17H2,1-2H3,(H,26,28). The van der Waals surface area contributed by atoms with Crippen molar-refractivity contribution in [3.63, 3.8) is 0 Å². The molecule has 3 aromatic carbocycles. The summed E-state index contributed by atoms with van der Waals surface area (Å²) in [4.78, 5) is 12.8. The number of anilines is 1. The molecule has 1 N–H and O–H groups in total. The molecular formula is C24H25FN2O5S. The summed E-state index contributed by atoms with van der Waals surface area (Å²) >= 11 is 0. The lowest BCUT2D eigenvalue weighted by atomic mass is 10.1. The van der Waals surface area contributed by atoms with Crippen molar-refractivity contribution in [1.29, 1.82) is 0 Å². The van der Waals surface area contributed by atoms with Gasteiger partial charge in [-0.15, -0.1) is 0 Å². The van der Waals surface area contributed by atoms with Crippen molar-refractivity contribution in [2.45, 2.75) is 11.3 Å². The maximum absolute atomic E-state index is 13.4. The van der Waals surface area contributed by atoms with Gasteiger partial charge >= 0.3 is 0 Å². The van der Waals surface area contributed by atoms with Gasteiger partial charge in [0.05, 0.1) is 24.8 Å². The van der Waals surface area contributed by atoms with Gasteiger partial charge in [-0.1, -0.05) is 30.3 Å². The van der Waals surface area contributed by atoms with Crippen LogP contribution in [-0.2, 0) is 21.2 Å². The molecule has 0 radical (unpaired) electrons. The van der Waals surface area contributed by atoms with Crippen molar-refractivity contribution in [2.75, 3.05) is 31.6 Å². The highest BCUT2D eigenvalue weighted by atomic mass is 32.2. The fraction of sp³-hybridized carbons (Fsp3) is 0.208. The van der Waals surface area contributed by atoms with Crippen molar-refractivity contribution < 1.29 is 27.1 Å². The Hall–Kier alpha value is -3.59. The maximum Gasteiger partial charge on any atom is 0.264 e. The monoisotopic (exact) mass is 472 g/mol. The molecule has 0 aliphatic carbocycles. The number of amides is 1. The number of halogens is 1. The van der Waals surface area contributed by atoms with Crippen molar-refractivity contribution in [1.82, 2.24) is 5.32 Å². The average Bonchev–Trinajstić information content (AvgIpc) is 2.84. The van der Waals surface area contributed by atoms with E-state index in [1.165, 1.54) is 44.6 Å². The third kappa shape index (κ3) is 6.01. The van der Waals surface area contributed by atoms with Gasteiger partial charge in [0.25, 0.3) is 10.0 Å². The number of sulfonamides is 1.